The lowest BCUT2D eigenvalue weighted by Gasteiger charge is -2.18. The Morgan fingerprint density at radius 2 is 1.83 bits per heavy atom. The van der Waals surface area contributed by atoms with E-state index < -0.39 is 0 Å². The second kappa shape index (κ2) is 3.11. The molecular formula is C11H13N. The molecule has 1 heteroatoms. The smallest absolute Gasteiger partial charge is 0.0183 e. The molecule has 1 aromatic rings. The van der Waals surface area contributed by atoms with Gasteiger partial charge in [-0.25, -0.2) is 0 Å². The van der Waals surface area contributed by atoms with Gasteiger partial charge in [-0.05, 0) is 18.1 Å². The zero-order valence-corrected chi connectivity index (χ0v) is 7.30. The summed E-state index contributed by atoms with van der Waals surface area (Å²) in [6.07, 6.45) is 2.26. The van der Waals surface area contributed by atoms with E-state index in [-0.39, 0.29) is 0 Å². The maximum Gasteiger partial charge on any atom is 0.0183 e. The van der Waals surface area contributed by atoms with Gasteiger partial charge in [0.2, 0.25) is 0 Å². The maximum absolute atomic E-state index is 3.22. The summed E-state index contributed by atoms with van der Waals surface area (Å²) in [7, 11) is 0. The third kappa shape index (κ3) is 1.56. The van der Waals surface area contributed by atoms with Crippen LogP contribution in [0.4, 0.5) is 0 Å². The van der Waals surface area contributed by atoms with Crippen molar-refractivity contribution in [3.63, 3.8) is 0 Å². The molecule has 1 saturated heterocycles. The Kier molecular flexibility index (Phi) is 1.96. The van der Waals surface area contributed by atoms with Gasteiger partial charge in [-0.1, -0.05) is 35.9 Å². The first-order valence-corrected chi connectivity index (χ1v) is 4.31. The monoisotopic (exact) mass is 159 g/mol. The fourth-order valence-electron chi connectivity index (χ4n) is 1.27. The highest BCUT2D eigenvalue weighted by atomic mass is 14.9. The Hall–Kier alpha value is -1.08. The number of benzene rings is 1. The molecule has 1 nitrogen and oxygen atoms in total. The standard InChI is InChI=1S/C11H13N/c1-9-2-4-10(5-3-9)6-11-7-12-8-11/h2-6,12H,7-8H2,1H3. The molecule has 0 saturated carbocycles. The fourth-order valence-corrected chi connectivity index (χ4v) is 1.27. The third-order valence-electron chi connectivity index (χ3n) is 2.15. The minimum absolute atomic E-state index is 1.06. The number of nitrogens with one attached hydrogen (secondary N) is 1. The van der Waals surface area contributed by atoms with Crippen LogP contribution in [-0.4, -0.2) is 13.1 Å². The van der Waals surface area contributed by atoms with Gasteiger partial charge in [-0.3, -0.25) is 0 Å². The van der Waals surface area contributed by atoms with Crippen LogP contribution in [-0.2, 0) is 0 Å². The maximum atomic E-state index is 3.22. The summed E-state index contributed by atoms with van der Waals surface area (Å²) >= 11 is 0. The van der Waals surface area contributed by atoms with Gasteiger partial charge in [0.15, 0.2) is 0 Å². The molecule has 62 valence electrons. The van der Waals surface area contributed by atoms with Gasteiger partial charge in [0.05, 0.1) is 0 Å². The first-order valence-electron chi connectivity index (χ1n) is 4.31. The van der Waals surface area contributed by atoms with Gasteiger partial charge < -0.3 is 5.32 Å². The van der Waals surface area contributed by atoms with Crippen molar-refractivity contribution in [3.05, 3.63) is 41.0 Å². The fraction of sp³-hybridized carbons (Fsp3) is 0.273. The Morgan fingerprint density at radius 1 is 1.17 bits per heavy atom. The second-order valence-corrected chi connectivity index (χ2v) is 3.32. The predicted molar refractivity (Wildman–Crippen MR) is 52.0 cm³/mol. The van der Waals surface area contributed by atoms with E-state index in [1.807, 2.05) is 0 Å². The Balaban J connectivity index is 2.18. The van der Waals surface area contributed by atoms with Crippen LogP contribution < -0.4 is 5.32 Å². The molecule has 12 heavy (non-hydrogen) atoms. The lowest BCUT2D eigenvalue weighted by molar-refractivity contribution is 0.675. The van der Waals surface area contributed by atoms with Crippen molar-refractivity contribution >= 4 is 6.08 Å². The van der Waals surface area contributed by atoms with Gasteiger partial charge >= 0.3 is 0 Å². The number of aryl methyl sites for hydroxylation is 1. The average molecular weight is 159 g/mol. The molecule has 1 heterocycles. The topological polar surface area (TPSA) is 12.0 Å². The molecule has 0 spiro atoms. The SMILES string of the molecule is Cc1ccc(C=C2CNC2)cc1. The van der Waals surface area contributed by atoms with Crippen molar-refractivity contribution in [1.82, 2.24) is 5.32 Å². The van der Waals surface area contributed by atoms with Crippen LogP contribution in [0.1, 0.15) is 11.1 Å². The van der Waals surface area contributed by atoms with Gasteiger partial charge in [-0.15, -0.1) is 0 Å². The summed E-state index contributed by atoms with van der Waals surface area (Å²) in [6.45, 7) is 4.24. The largest absolute Gasteiger partial charge is 0.309 e. The first-order chi connectivity index (χ1) is 5.84. The number of rotatable bonds is 1. The van der Waals surface area contributed by atoms with Crippen molar-refractivity contribution in [2.45, 2.75) is 6.92 Å². The van der Waals surface area contributed by atoms with Crippen molar-refractivity contribution in [3.8, 4) is 0 Å². The molecule has 1 fully saturated rings. The minimum Gasteiger partial charge on any atom is -0.309 e. The van der Waals surface area contributed by atoms with Crippen LogP contribution in [0.2, 0.25) is 0 Å². The highest BCUT2D eigenvalue weighted by Crippen LogP contribution is 2.10. The summed E-state index contributed by atoms with van der Waals surface area (Å²) in [5, 5.41) is 3.22. The molecular weight excluding hydrogens is 146 g/mol. The Bertz CT molecular complexity index is 289. The van der Waals surface area contributed by atoms with E-state index in [0.29, 0.717) is 0 Å². The minimum atomic E-state index is 1.06. The zero-order chi connectivity index (χ0) is 8.39. The Labute approximate surface area is 73.1 Å². The Morgan fingerprint density at radius 3 is 2.33 bits per heavy atom. The van der Waals surface area contributed by atoms with Gasteiger partial charge in [0.1, 0.15) is 0 Å². The number of hydrogen-bond donors (Lipinski definition) is 1. The molecule has 0 bridgehead atoms. The summed E-state index contributed by atoms with van der Waals surface area (Å²) in [6, 6.07) is 8.64. The van der Waals surface area contributed by atoms with Gasteiger partial charge in [0.25, 0.3) is 0 Å². The van der Waals surface area contributed by atoms with Crippen LogP contribution >= 0.6 is 0 Å². The molecule has 0 aliphatic carbocycles. The quantitative estimate of drug-likeness (QED) is 0.660. The van der Waals surface area contributed by atoms with E-state index in [1.165, 1.54) is 16.7 Å². The van der Waals surface area contributed by atoms with Crippen LogP contribution in [0, 0.1) is 6.92 Å². The molecule has 1 aliphatic rings. The molecule has 0 atom stereocenters. The van der Waals surface area contributed by atoms with Crippen LogP contribution in [0.5, 0.6) is 0 Å². The van der Waals surface area contributed by atoms with E-state index in [2.05, 4.69) is 42.6 Å². The highest BCUT2D eigenvalue weighted by molar-refractivity contribution is 5.55. The van der Waals surface area contributed by atoms with E-state index in [1.54, 1.807) is 0 Å². The van der Waals surface area contributed by atoms with E-state index in [4.69, 9.17) is 0 Å². The normalized spacial score (nSPS) is 15.6. The third-order valence-corrected chi connectivity index (χ3v) is 2.15. The second-order valence-electron chi connectivity index (χ2n) is 3.32. The lowest BCUT2D eigenvalue weighted by Crippen LogP contribution is -2.33. The molecule has 0 radical (unpaired) electrons. The van der Waals surface area contributed by atoms with Crippen molar-refractivity contribution in [2.24, 2.45) is 0 Å². The summed E-state index contributed by atoms with van der Waals surface area (Å²) in [5.74, 6) is 0. The molecule has 2 rings (SSSR count). The molecule has 0 amide bonds. The van der Waals surface area contributed by atoms with Crippen LogP contribution in [0.3, 0.4) is 0 Å². The molecule has 1 aliphatic heterocycles. The number of hydrogen-bond acceptors (Lipinski definition) is 1. The van der Waals surface area contributed by atoms with Gasteiger partial charge in [-0.2, -0.15) is 0 Å². The van der Waals surface area contributed by atoms with Crippen molar-refractivity contribution in [1.29, 1.82) is 0 Å². The lowest BCUT2D eigenvalue weighted by atomic mass is 10.1. The van der Waals surface area contributed by atoms with Crippen LogP contribution in [0.15, 0.2) is 29.8 Å². The first kappa shape index (κ1) is 7.56. The van der Waals surface area contributed by atoms with Crippen molar-refractivity contribution < 1.29 is 0 Å². The van der Waals surface area contributed by atoms with E-state index in [0.717, 1.165) is 13.1 Å². The van der Waals surface area contributed by atoms with Crippen LogP contribution in [0.25, 0.3) is 6.08 Å². The summed E-state index contributed by atoms with van der Waals surface area (Å²) in [5.41, 5.74) is 4.14. The molecule has 1 aromatic carbocycles. The molecule has 0 unspecified atom stereocenters. The highest BCUT2D eigenvalue weighted by Gasteiger charge is 2.05. The summed E-state index contributed by atoms with van der Waals surface area (Å²) < 4.78 is 0. The van der Waals surface area contributed by atoms with Gasteiger partial charge in [0, 0.05) is 13.1 Å². The van der Waals surface area contributed by atoms with E-state index in [9.17, 15) is 0 Å². The molecule has 0 aromatic heterocycles. The van der Waals surface area contributed by atoms with Crippen molar-refractivity contribution in [2.75, 3.05) is 13.1 Å². The van der Waals surface area contributed by atoms with E-state index >= 15 is 0 Å². The predicted octanol–water partition coefficient (Wildman–Crippen LogP) is 1.98. The summed E-state index contributed by atoms with van der Waals surface area (Å²) in [4.78, 5) is 0. The average Bonchev–Trinajstić information content (AvgIpc) is 2.00. The molecule has 1 N–H and O–H groups in total. The zero-order valence-electron chi connectivity index (χ0n) is 7.30.